The summed E-state index contributed by atoms with van der Waals surface area (Å²) in [6.07, 6.45) is 4.29. The zero-order chi connectivity index (χ0) is 14.7. The van der Waals surface area contributed by atoms with E-state index in [1.54, 1.807) is 6.07 Å². The van der Waals surface area contributed by atoms with Crippen LogP contribution in [0.25, 0.3) is 10.9 Å². The van der Waals surface area contributed by atoms with Gasteiger partial charge in [-0.05, 0) is 18.9 Å². The Labute approximate surface area is 121 Å². The maximum absolute atomic E-state index is 12.0. The Morgan fingerprint density at radius 3 is 2.86 bits per heavy atom. The molecule has 0 atom stereocenters. The largest absolute Gasteiger partial charge is 0.451 e. The van der Waals surface area contributed by atoms with Crippen molar-refractivity contribution in [2.75, 3.05) is 6.61 Å². The van der Waals surface area contributed by atoms with E-state index in [0.717, 1.165) is 31.2 Å². The Kier molecular flexibility index (Phi) is 3.85. The van der Waals surface area contributed by atoms with Gasteiger partial charge in [0.2, 0.25) is 0 Å². The molecule has 1 saturated carbocycles. The highest BCUT2D eigenvalue weighted by Gasteiger charge is 2.19. The highest BCUT2D eigenvalue weighted by atomic mass is 16.5. The number of rotatable bonds is 4. The van der Waals surface area contributed by atoms with E-state index in [1.807, 2.05) is 18.2 Å². The molecule has 2 aromatic rings. The van der Waals surface area contributed by atoms with Crippen molar-refractivity contribution in [1.82, 2.24) is 15.5 Å². The number of H-pyrrole nitrogens is 1. The molecule has 0 unspecified atom stereocenters. The standard InChI is InChI=1S/C15H17N3O3/c19-13(16-10-5-1-2-6-10)9-21-15(20)14-11-7-3-4-8-12(11)17-18-14/h3-4,7-8,10H,1-2,5-6,9H2,(H,16,19)(H,17,18). The molecule has 1 heterocycles. The number of fused-ring (bicyclic) bond motifs is 1. The lowest BCUT2D eigenvalue weighted by Gasteiger charge is -2.11. The smallest absolute Gasteiger partial charge is 0.359 e. The average molecular weight is 287 g/mol. The first-order valence-electron chi connectivity index (χ1n) is 7.13. The minimum atomic E-state index is -0.589. The predicted octanol–water partition coefficient (Wildman–Crippen LogP) is 1.78. The van der Waals surface area contributed by atoms with Crippen LogP contribution < -0.4 is 5.32 Å². The highest BCUT2D eigenvalue weighted by Crippen LogP contribution is 2.18. The van der Waals surface area contributed by atoms with Crippen molar-refractivity contribution in [1.29, 1.82) is 0 Å². The summed E-state index contributed by atoms with van der Waals surface area (Å²) in [5, 5.41) is 10.3. The van der Waals surface area contributed by atoms with Gasteiger partial charge in [0.05, 0.1) is 5.52 Å². The molecule has 3 rings (SSSR count). The number of aromatic nitrogens is 2. The highest BCUT2D eigenvalue weighted by molar-refractivity contribution is 6.02. The summed E-state index contributed by atoms with van der Waals surface area (Å²) in [6.45, 7) is -0.267. The first kappa shape index (κ1) is 13.6. The minimum Gasteiger partial charge on any atom is -0.451 e. The fourth-order valence-electron chi connectivity index (χ4n) is 2.66. The fourth-order valence-corrected chi connectivity index (χ4v) is 2.66. The van der Waals surface area contributed by atoms with Gasteiger partial charge in [-0.15, -0.1) is 0 Å². The summed E-state index contributed by atoms with van der Waals surface area (Å²) >= 11 is 0. The Balaban J connectivity index is 1.57. The van der Waals surface area contributed by atoms with Gasteiger partial charge in [0.25, 0.3) is 5.91 Å². The molecule has 21 heavy (non-hydrogen) atoms. The molecule has 1 fully saturated rings. The molecule has 1 aromatic carbocycles. The van der Waals surface area contributed by atoms with E-state index < -0.39 is 5.97 Å². The number of nitrogens with one attached hydrogen (secondary N) is 2. The summed E-state index contributed by atoms with van der Waals surface area (Å²) < 4.78 is 5.03. The Hall–Kier alpha value is -2.37. The maximum atomic E-state index is 12.0. The number of nitrogens with zero attached hydrogens (tertiary/aromatic N) is 1. The second-order valence-corrected chi connectivity index (χ2v) is 5.24. The van der Waals surface area contributed by atoms with E-state index in [1.165, 1.54) is 0 Å². The average Bonchev–Trinajstić information content (AvgIpc) is 3.13. The van der Waals surface area contributed by atoms with E-state index in [4.69, 9.17) is 4.74 Å². The lowest BCUT2D eigenvalue weighted by atomic mass is 10.2. The first-order valence-corrected chi connectivity index (χ1v) is 7.13. The second kappa shape index (κ2) is 5.95. The fraction of sp³-hybridized carbons (Fsp3) is 0.400. The van der Waals surface area contributed by atoms with Gasteiger partial charge >= 0.3 is 5.97 Å². The predicted molar refractivity (Wildman–Crippen MR) is 76.8 cm³/mol. The zero-order valence-corrected chi connectivity index (χ0v) is 11.6. The van der Waals surface area contributed by atoms with Crippen LogP contribution in [0, 0.1) is 0 Å². The number of esters is 1. The number of benzene rings is 1. The van der Waals surface area contributed by atoms with Crippen molar-refractivity contribution in [3.8, 4) is 0 Å². The van der Waals surface area contributed by atoms with E-state index in [9.17, 15) is 9.59 Å². The zero-order valence-electron chi connectivity index (χ0n) is 11.6. The number of carbonyl (C=O) groups excluding carboxylic acids is 2. The molecule has 6 nitrogen and oxygen atoms in total. The lowest BCUT2D eigenvalue weighted by Crippen LogP contribution is -2.35. The Morgan fingerprint density at radius 1 is 1.29 bits per heavy atom. The Morgan fingerprint density at radius 2 is 2.05 bits per heavy atom. The van der Waals surface area contributed by atoms with Gasteiger partial charge in [0.1, 0.15) is 0 Å². The third-order valence-corrected chi connectivity index (χ3v) is 3.72. The molecular formula is C15H17N3O3. The normalized spacial score (nSPS) is 15.2. The molecule has 6 heteroatoms. The third kappa shape index (κ3) is 3.04. The maximum Gasteiger partial charge on any atom is 0.359 e. The minimum absolute atomic E-state index is 0.208. The van der Waals surface area contributed by atoms with Crippen LogP contribution in [0.15, 0.2) is 24.3 Å². The molecule has 0 saturated heterocycles. The molecule has 0 radical (unpaired) electrons. The summed E-state index contributed by atoms with van der Waals surface area (Å²) in [4.78, 5) is 23.7. The second-order valence-electron chi connectivity index (χ2n) is 5.24. The van der Waals surface area contributed by atoms with Gasteiger partial charge in [-0.1, -0.05) is 31.0 Å². The molecule has 110 valence electrons. The van der Waals surface area contributed by atoms with E-state index in [-0.39, 0.29) is 24.2 Å². The molecule has 0 bridgehead atoms. The van der Waals surface area contributed by atoms with Crippen LogP contribution >= 0.6 is 0 Å². The molecule has 0 spiro atoms. The number of ether oxygens (including phenoxy) is 1. The molecule has 1 amide bonds. The topological polar surface area (TPSA) is 84.1 Å². The summed E-state index contributed by atoms with van der Waals surface area (Å²) in [6, 6.07) is 7.51. The van der Waals surface area contributed by atoms with Crippen LogP contribution in [0.2, 0.25) is 0 Å². The van der Waals surface area contributed by atoms with Gasteiger partial charge in [0.15, 0.2) is 12.3 Å². The SMILES string of the molecule is O=C(COC(=O)c1n[nH]c2ccccc12)NC1CCCC1. The monoisotopic (exact) mass is 287 g/mol. The van der Waals surface area contributed by atoms with Crippen LogP contribution in [-0.4, -0.2) is 34.7 Å². The van der Waals surface area contributed by atoms with Gasteiger partial charge in [-0.2, -0.15) is 5.10 Å². The first-order chi connectivity index (χ1) is 10.2. The molecule has 1 aliphatic rings. The summed E-state index contributed by atoms with van der Waals surface area (Å²) in [5.41, 5.74) is 0.971. The van der Waals surface area contributed by atoms with Gasteiger partial charge in [-0.25, -0.2) is 4.79 Å². The molecular weight excluding hydrogens is 270 g/mol. The lowest BCUT2D eigenvalue weighted by molar-refractivity contribution is -0.124. The van der Waals surface area contributed by atoms with E-state index in [0.29, 0.717) is 5.39 Å². The van der Waals surface area contributed by atoms with Gasteiger partial charge in [-0.3, -0.25) is 9.89 Å². The van der Waals surface area contributed by atoms with Crippen molar-refractivity contribution in [3.05, 3.63) is 30.0 Å². The molecule has 1 aromatic heterocycles. The number of hydrogen-bond donors (Lipinski definition) is 2. The van der Waals surface area contributed by atoms with Crippen molar-refractivity contribution in [3.63, 3.8) is 0 Å². The molecule has 1 aliphatic carbocycles. The Bertz CT molecular complexity index is 659. The summed E-state index contributed by atoms with van der Waals surface area (Å²) in [7, 11) is 0. The van der Waals surface area contributed by atoms with Gasteiger partial charge < -0.3 is 10.1 Å². The number of aromatic amines is 1. The van der Waals surface area contributed by atoms with Gasteiger partial charge in [0, 0.05) is 11.4 Å². The van der Waals surface area contributed by atoms with Crippen LogP contribution in [0.4, 0.5) is 0 Å². The van der Waals surface area contributed by atoms with Crippen LogP contribution in [0.5, 0.6) is 0 Å². The number of hydrogen-bond acceptors (Lipinski definition) is 4. The number of para-hydroxylation sites is 1. The third-order valence-electron chi connectivity index (χ3n) is 3.72. The quantitative estimate of drug-likeness (QED) is 0.839. The molecule has 2 N–H and O–H groups in total. The molecule has 0 aliphatic heterocycles. The van der Waals surface area contributed by atoms with E-state index >= 15 is 0 Å². The summed E-state index contributed by atoms with van der Waals surface area (Å²) in [5.74, 6) is -0.843. The van der Waals surface area contributed by atoms with E-state index in [2.05, 4.69) is 15.5 Å². The number of amides is 1. The van der Waals surface area contributed by atoms with Crippen molar-refractivity contribution in [2.45, 2.75) is 31.7 Å². The number of carbonyl (C=O) groups is 2. The van der Waals surface area contributed by atoms with Crippen LogP contribution in [0.3, 0.4) is 0 Å². The van der Waals surface area contributed by atoms with Crippen LogP contribution in [-0.2, 0) is 9.53 Å². The van der Waals surface area contributed by atoms with Crippen LogP contribution in [0.1, 0.15) is 36.2 Å². The van der Waals surface area contributed by atoms with Crippen molar-refractivity contribution >= 4 is 22.8 Å². The van der Waals surface area contributed by atoms with Crippen molar-refractivity contribution in [2.24, 2.45) is 0 Å². The van der Waals surface area contributed by atoms with Crippen molar-refractivity contribution < 1.29 is 14.3 Å².